The lowest BCUT2D eigenvalue weighted by atomic mass is 10.1. The quantitative estimate of drug-likeness (QED) is 0.812. The second-order valence-electron chi connectivity index (χ2n) is 7.53. The number of nitrogens with zero attached hydrogens (tertiary/aromatic N) is 3. The van der Waals surface area contributed by atoms with Crippen molar-refractivity contribution in [1.82, 2.24) is 9.21 Å². The third-order valence-corrected chi connectivity index (χ3v) is 7.43. The van der Waals surface area contributed by atoms with Gasteiger partial charge in [0.2, 0.25) is 15.9 Å². The number of fused-ring (bicyclic) bond motifs is 1. The number of sulfonamides is 1. The summed E-state index contributed by atoms with van der Waals surface area (Å²) in [6.07, 6.45) is 2.68. The molecule has 2 aliphatic heterocycles. The summed E-state index contributed by atoms with van der Waals surface area (Å²) in [7, 11) is -1.46. The number of anilines is 1. The first-order valence-corrected chi connectivity index (χ1v) is 10.5. The average molecular weight is 363 g/mol. The molecule has 1 saturated heterocycles. The highest BCUT2D eigenvalue weighted by molar-refractivity contribution is 7.89. The van der Waals surface area contributed by atoms with E-state index in [9.17, 15) is 13.2 Å². The summed E-state index contributed by atoms with van der Waals surface area (Å²) >= 11 is 0. The van der Waals surface area contributed by atoms with Crippen LogP contribution in [0.5, 0.6) is 0 Å². The van der Waals surface area contributed by atoms with Crippen molar-refractivity contribution in [3.8, 4) is 0 Å². The third-order valence-electron chi connectivity index (χ3n) is 5.53. The van der Waals surface area contributed by atoms with Gasteiger partial charge in [0.05, 0.1) is 4.90 Å². The molecule has 0 N–H and O–H groups in total. The van der Waals surface area contributed by atoms with Gasteiger partial charge < -0.3 is 9.80 Å². The van der Waals surface area contributed by atoms with Crippen LogP contribution in [0.25, 0.3) is 0 Å². The maximum atomic E-state index is 12.9. The van der Waals surface area contributed by atoms with E-state index in [0.717, 1.165) is 43.6 Å². The van der Waals surface area contributed by atoms with E-state index in [1.807, 2.05) is 24.9 Å². The Hall–Kier alpha value is -1.44. The molecule has 1 saturated carbocycles. The van der Waals surface area contributed by atoms with Gasteiger partial charge in [-0.1, -0.05) is 0 Å². The Balaban J connectivity index is 1.61. The van der Waals surface area contributed by atoms with Gasteiger partial charge in [-0.25, -0.2) is 8.42 Å². The Morgan fingerprint density at radius 3 is 2.44 bits per heavy atom. The van der Waals surface area contributed by atoms with Crippen LogP contribution in [0.3, 0.4) is 0 Å². The van der Waals surface area contributed by atoms with Crippen molar-refractivity contribution in [2.45, 2.75) is 37.1 Å². The predicted octanol–water partition coefficient (Wildman–Crippen LogP) is 1.31. The fraction of sp³-hybridized carbons (Fsp3) is 0.611. The Kier molecular flexibility index (Phi) is 4.13. The number of likely N-dealkylation sites (N-methyl/N-ethyl adjacent to an activating group) is 1. The Labute approximate surface area is 149 Å². The molecule has 6 nitrogen and oxygen atoms in total. The van der Waals surface area contributed by atoms with Crippen LogP contribution in [0, 0.1) is 5.92 Å². The van der Waals surface area contributed by atoms with Crippen LogP contribution < -0.4 is 4.90 Å². The Morgan fingerprint density at radius 2 is 1.80 bits per heavy atom. The van der Waals surface area contributed by atoms with Gasteiger partial charge >= 0.3 is 0 Å². The molecule has 0 bridgehead atoms. The van der Waals surface area contributed by atoms with E-state index in [4.69, 9.17) is 0 Å². The molecule has 2 fully saturated rings. The van der Waals surface area contributed by atoms with Crippen molar-refractivity contribution in [2.75, 3.05) is 38.1 Å². The van der Waals surface area contributed by atoms with Gasteiger partial charge in [-0.05, 0) is 57.0 Å². The van der Waals surface area contributed by atoms with E-state index in [2.05, 4.69) is 4.90 Å². The number of benzene rings is 1. The van der Waals surface area contributed by atoms with E-state index in [-0.39, 0.29) is 17.9 Å². The highest BCUT2D eigenvalue weighted by Gasteiger charge is 2.40. The molecule has 2 heterocycles. The maximum absolute atomic E-state index is 12.9. The van der Waals surface area contributed by atoms with Gasteiger partial charge in [0.15, 0.2) is 0 Å². The van der Waals surface area contributed by atoms with Crippen LogP contribution in [0.2, 0.25) is 0 Å². The lowest BCUT2D eigenvalue weighted by Crippen LogP contribution is -2.47. The molecule has 7 heteroatoms. The van der Waals surface area contributed by atoms with Crippen molar-refractivity contribution in [1.29, 1.82) is 0 Å². The summed E-state index contributed by atoms with van der Waals surface area (Å²) in [5, 5.41) is 0. The van der Waals surface area contributed by atoms with Crippen molar-refractivity contribution in [2.24, 2.45) is 5.92 Å². The van der Waals surface area contributed by atoms with E-state index in [0.29, 0.717) is 18.0 Å². The summed E-state index contributed by atoms with van der Waals surface area (Å²) in [6.45, 7) is 4.60. The topological polar surface area (TPSA) is 60.9 Å². The van der Waals surface area contributed by atoms with Crippen molar-refractivity contribution in [3.63, 3.8) is 0 Å². The molecular formula is C18H25N3O3S. The first-order valence-electron chi connectivity index (χ1n) is 9.02. The largest absolute Gasteiger partial charge is 0.309 e. The number of piperazine rings is 1. The monoisotopic (exact) mass is 363 g/mol. The smallest absolute Gasteiger partial charge is 0.243 e. The second-order valence-corrected chi connectivity index (χ2v) is 9.47. The molecule has 1 aromatic rings. The van der Waals surface area contributed by atoms with Gasteiger partial charge in [-0.15, -0.1) is 0 Å². The fourth-order valence-electron chi connectivity index (χ4n) is 3.81. The summed E-state index contributed by atoms with van der Waals surface area (Å²) in [6, 6.07) is 5.36. The summed E-state index contributed by atoms with van der Waals surface area (Å²) in [4.78, 5) is 16.9. The zero-order valence-corrected chi connectivity index (χ0v) is 15.6. The molecule has 0 unspecified atom stereocenters. The summed E-state index contributed by atoms with van der Waals surface area (Å²) < 4.78 is 27.4. The van der Waals surface area contributed by atoms with Gasteiger partial charge in [0.1, 0.15) is 0 Å². The number of hydrogen-bond donors (Lipinski definition) is 0. The number of carbonyl (C=O) groups is 1. The zero-order chi connectivity index (χ0) is 17.8. The van der Waals surface area contributed by atoms with Gasteiger partial charge in [-0.2, -0.15) is 4.31 Å². The molecule has 1 aromatic carbocycles. The molecule has 25 heavy (non-hydrogen) atoms. The molecular weight excluding hydrogens is 338 g/mol. The van der Waals surface area contributed by atoms with Crippen LogP contribution in [0.1, 0.15) is 25.3 Å². The van der Waals surface area contributed by atoms with Crippen LogP contribution in [0.4, 0.5) is 5.69 Å². The predicted molar refractivity (Wildman–Crippen MR) is 96.1 cm³/mol. The van der Waals surface area contributed by atoms with Crippen molar-refractivity contribution in [3.05, 3.63) is 23.8 Å². The number of hydrogen-bond acceptors (Lipinski definition) is 4. The lowest BCUT2D eigenvalue weighted by Gasteiger charge is -2.31. The van der Waals surface area contributed by atoms with E-state index < -0.39 is 10.0 Å². The molecule has 0 radical (unpaired) electrons. The number of carbonyl (C=O) groups excluding carboxylic acids is 1. The second kappa shape index (κ2) is 6.07. The van der Waals surface area contributed by atoms with E-state index in [1.54, 1.807) is 16.4 Å². The Morgan fingerprint density at radius 1 is 1.12 bits per heavy atom. The third kappa shape index (κ3) is 2.98. The minimum absolute atomic E-state index is 0.102. The van der Waals surface area contributed by atoms with E-state index in [1.165, 1.54) is 0 Å². The van der Waals surface area contributed by atoms with Gasteiger partial charge in [0, 0.05) is 43.8 Å². The van der Waals surface area contributed by atoms with Crippen LogP contribution in [0.15, 0.2) is 23.1 Å². The molecule has 1 aliphatic carbocycles. The minimum atomic E-state index is -3.46. The van der Waals surface area contributed by atoms with Crippen LogP contribution in [-0.2, 0) is 21.2 Å². The van der Waals surface area contributed by atoms with Crippen molar-refractivity contribution >= 4 is 21.6 Å². The molecule has 1 amide bonds. The molecule has 0 spiro atoms. The SMILES string of the molecule is C[C@@H]1Cc2cc(S(=O)(=O)N3CCN(C)CC3)ccc2N1C(=O)C1CC1. The van der Waals surface area contributed by atoms with Gasteiger partial charge in [0.25, 0.3) is 0 Å². The van der Waals surface area contributed by atoms with Gasteiger partial charge in [-0.3, -0.25) is 4.79 Å². The zero-order valence-electron chi connectivity index (χ0n) is 14.8. The fourth-order valence-corrected chi connectivity index (χ4v) is 5.28. The van der Waals surface area contributed by atoms with Crippen molar-refractivity contribution < 1.29 is 13.2 Å². The average Bonchev–Trinajstić information content (AvgIpc) is 3.36. The first kappa shape index (κ1) is 17.0. The summed E-state index contributed by atoms with van der Waals surface area (Å²) in [5.74, 6) is 0.364. The first-order chi connectivity index (χ1) is 11.9. The molecule has 1 atom stereocenters. The lowest BCUT2D eigenvalue weighted by molar-refractivity contribution is -0.120. The maximum Gasteiger partial charge on any atom is 0.243 e. The molecule has 0 aromatic heterocycles. The van der Waals surface area contributed by atoms with E-state index >= 15 is 0 Å². The number of rotatable bonds is 3. The highest BCUT2D eigenvalue weighted by atomic mass is 32.2. The normalized spacial score (nSPS) is 25.2. The standard InChI is InChI=1S/C18H25N3O3S/c1-13-11-15-12-16(25(23,24)20-9-7-19(2)8-10-20)5-6-17(15)21(13)18(22)14-3-4-14/h5-6,12-14H,3-4,7-11H2,1-2H3/t13-/m1/s1. The molecule has 136 valence electrons. The number of amides is 1. The van der Waals surface area contributed by atoms with Crippen LogP contribution >= 0.6 is 0 Å². The Bertz CT molecular complexity index is 796. The highest BCUT2D eigenvalue weighted by Crippen LogP contribution is 2.39. The summed E-state index contributed by atoms with van der Waals surface area (Å²) in [5.41, 5.74) is 1.86. The minimum Gasteiger partial charge on any atom is -0.309 e. The molecule has 4 rings (SSSR count). The molecule has 3 aliphatic rings. The van der Waals surface area contributed by atoms with Crippen LogP contribution in [-0.4, -0.2) is 62.8 Å².